The molecule has 8 heteroatoms. The number of anilines is 1. The Morgan fingerprint density at radius 2 is 1.69 bits per heavy atom. The molecule has 0 N–H and O–H groups in total. The summed E-state index contributed by atoms with van der Waals surface area (Å²) in [5.41, 5.74) is 2.51. The first-order valence-corrected chi connectivity index (χ1v) is 12.3. The SMILES string of the molecule is CN(C)c1ccc(C(=O)N2CCN(C(=O)C3CCCC3)C(c3nc(-c4ccccc4)no3)C2)cc1. The summed E-state index contributed by atoms with van der Waals surface area (Å²) in [6, 6.07) is 16.7. The molecular formula is C27H31N5O3. The van der Waals surface area contributed by atoms with E-state index in [-0.39, 0.29) is 17.7 Å². The van der Waals surface area contributed by atoms with E-state index < -0.39 is 6.04 Å². The first-order chi connectivity index (χ1) is 17.0. The minimum atomic E-state index is -0.466. The molecule has 1 aliphatic carbocycles. The maximum absolute atomic E-state index is 13.4. The molecule has 35 heavy (non-hydrogen) atoms. The van der Waals surface area contributed by atoms with Gasteiger partial charge in [-0.25, -0.2) is 0 Å². The molecule has 2 fully saturated rings. The Balaban J connectivity index is 1.41. The molecule has 2 heterocycles. The van der Waals surface area contributed by atoms with E-state index in [0.29, 0.717) is 36.9 Å². The van der Waals surface area contributed by atoms with Crippen molar-refractivity contribution in [3.8, 4) is 11.4 Å². The molecule has 1 aliphatic heterocycles. The second-order valence-electron chi connectivity index (χ2n) is 9.54. The lowest BCUT2D eigenvalue weighted by atomic mass is 10.0. The second-order valence-corrected chi connectivity index (χ2v) is 9.54. The summed E-state index contributed by atoms with van der Waals surface area (Å²) >= 11 is 0. The quantitative estimate of drug-likeness (QED) is 0.557. The van der Waals surface area contributed by atoms with Crippen LogP contribution >= 0.6 is 0 Å². The van der Waals surface area contributed by atoms with Gasteiger partial charge in [0.15, 0.2) is 0 Å². The maximum Gasteiger partial charge on any atom is 0.254 e. The van der Waals surface area contributed by atoms with Crippen LogP contribution in [0.1, 0.15) is 48.0 Å². The van der Waals surface area contributed by atoms with Gasteiger partial charge in [-0.05, 0) is 37.1 Å². The van der Waals surface area contributed by atoms with Crippen LogP contribution in [-0.2, 0) is 4.79 Å². The van der Waals surface area contributed by atoms with Crippen LogP contribution in [0.5, 0.6) is 0 Å². The average molecular weight is 474 g/mol. The van der Waals surface area contributed by atoms with Crippen LogP contribution in [0, 0.1) is 5.92 Å². The number of aromatic nitrogens is 2. The zero-order chi connectivity index (χ0) is 24.4. The molecule has 0 spiro atoms. The summed E-state index contributed by atoms with van der Waals surface area (Å²) < 4.78 is 5.68. The van der Waals surface area contributed by atoms with Crippen molar-refractivity contribution in [3.63, 3.8) is 0 Å². The van der Waals surface area contributed by atoms with Crippen molar-refractivity contribution in [2.75, 3.05) is 38.6 Å². The summed E-state index contributed by atoms with van der Waals surface area (Å²) in [6.45, 7) is 1.25. The monoisotopic (exact) mass is 473 g/mol. The fourth-order valence-corrected chi connectivity index (χ4v) is 5.01. The van der Waals surface area contributed by atoms with Gasteiger partial charge in [0, 0.05) is 49.9 Å². The van der Waals surface area contributed by atoms with Gasteiger partial charge in [-0.15, -0.1) is 0 Å². The topological polar surface area (TPSA) is 82.8 Å². The van der Waals surface area contributed by atoms with Crippen molar-refractivity contribution in [3.05, 3.63) is 66.1 Å². The van der Waals surface area contributed by atoms with E-state index in [9.17, 15) is 9.59 Å². The molecule has 182 valence electrons. The van der Waals surface area contributed by atoms with Crippen LogP contribution in [0.2, 0.25) is 0 Å². The number of piperazine rings is 1. The van der Waals surface area contributed by atoms with Gasteiger partial charge in [-0.2, -0.15) is 4.98 Å². The van der Waals surface area contributed by atoms with Crippen LogP contribution in [0.3, 0.4) is 0 Å². The summed E-state index contributed by atoms with van der Waals surface area (Å²) in [7, 11) is 3.94. The fraction of sp³-hybridized carbons (Fsp3) is 0.407. The van der Waals surface area contributed by atoms with Gasteiger partial charge < -0.3 is 19.2 Å². The lowest BCUT2D eigenvalue weighted by Crippen LogP contribution is -2.53. The van der Waals surface area contributed by atoms with Gasteiger partial charge in [-0.1, -0.05) is 48.3 Å². The van der Waals surface area contributed by atoms with Gasteiger partial charge in [-0.3, -0.25) is 9.59 Å². The van der Waals surface area contributed by atoms with Gasteiger partial charge in [0.25, 0.3) is 11.8 Å². The molecule has 5 rings (SSSR count). The van der Waals surface area contributed by atoms with Crippen molar-refractivity contribution in [1.82, 2.24) is 19.9 Å². The third kappa shape index (κ3) is 4.78. The van der Waals surface area contributed by atoms with Crippen molar-refractivity contribution in [2.24, 2.45) is 5.92 Å². The summed E-state index contributed by atoms with van der Waals surface area (Å²) in [4.78, 5) is 37.1. The van der Waals surface area contributed by atoms with Crippen molar-refractivity contribution in [2.45, 2.75) is 31.7 Å². The number of carbonyl (C=O) groups is 2. The zero-order valence-corrected chi connectivity index (χ0v) is 20.3. The van der Waals surface area contributed by atoms with Gasteiger partial charge in [0.2, 0.25) is 11.7 Å². The molecule has 8 nitrogen and oxygen atoms in total. The molecule has 0 radical (unpaired) electrons. The second kappa shape index (κ2) is 9.90. The van der Waals surface area contributed by atoms with E-state index in [0.717, 1.165) is 36.9 Å². The van der Waals surface area contributed by atoms with E-state index in [1.807, 2.05) is 78.5 Å². The predicted octanol–water partition coefficient (Wildman–Crippen LogP) is 4.02. The smallest absolute Gasteiger partial charge is 0.254 e. The minimum absolute atomic E-state index is 0.0369. The lowest BCUT2D eigenvalue weighted by molar-refractivity contribution is -0.141. The molecule has 2 amide bonds. The highest BCUT2D eigenvalue weighted by Crippen LogP contribution is 2.33. The number of benzene rings is 2. The van der Waals surface area contributed by atoms with E-state index in [1.165, 1.54) is 0 Å². The Kier molecular flexibility index (Phi) is 6.53. The zero-order valence-electron chi connectivity index (χ0n) is 20.3. The highest BCUT2D eigenvalue weighted by Gasteiger charge is 2.40. The van der Waals surface area contributed by atoms with Gasteiger partial charge in [0.1, 0.15) is 6.04 Å². The fourth-order valence-electron chi connectivity index (χ4n) is 5.01. The molecule has 1 saturated carbocycles. The summed E-state index contributed by atoms with van der Waals surface area (Å²) in [6.07, 6.45) is 4.01. The van der Waals surface area contributed by atoms with Crippen LogP contribution in [0.15, 0.2) is 59.1 Å². The molecule has 1 saturated heterocycles. The Bertz CT molecular complexity index is 1170. The summed E-state index contributed by atoms with van der Waals surface area (Å²) in [5, 5.41) is 4.17. The van der Waals surface area contributed by atoms with Crippen LogP contribution in [0.4, 0.5) is 5.69 Å². The van der Waals surface area contributed by atoms with Crippen molar-refractivity contribution in [1.29, 1.82) is 0 Å². The average Bonchev–Trinajstić information content (AvgIpc) is 3.61. The number of rotatable bonds is 5. The van der Waals surface area contributed by atoms with Crippen LogP contribution in [-0.4, -0.2) is 65.5 Å². The highest BCUT2D eigenvalue weighted by atomic mass is 16.5. The van der Waals surface area contributed by atoms with Gasteiger partial charge >= 0.3 is 0 Å². The summed E-state index contributed by atoms with van der Waals surface area (Å²) in [5.74, 6) is 0.965. The first-order valence-electron chi connectivity index (χ1n) is 12.3. The van der Waals surface area contributed by atoms with Crippen molar-refractivity contribution >= 4 is 17.5 Å². The molecule has 0 bridgehead atoms. The maximum atomic E-state index is 13.4. The number of hydrogen-bond acceptors (Lipinski definition) is 6. The van der Waals surface area contributed by atoms with E-state index in [1.54, 1.807) is 4.90 Å². The molecule has 1 unspecified atom stereocenters. The highest BCUT2D eigenvalue weighted by molar-refractivity contribution is 5.95. The minimum Gasteiger partial charge on any atom is -0.378 e. The van der Waals surface area contributed by atoms with Crippen molar-refractivity contribution < 1.29 is 14.1 Å². The van der Waals surface area contributed by atoms with Crippen LogP contribution in [0.25, 0.3) is 11.4 Å². The Morgan fingerprint density at radius 3 is 2.37 bits per heavy atom. The van der Waals surface area contributed by atoms with E-state index in [2.05, 4.69) is 10.1 Å². The molecule has 1 atom stereocenters. The molecule has 3 aromatic rings. The third-order valence-electron chi connectivity index (χ3n) is 7.04. The third-order valence-corrected chi connectivity index (χ3v) is 7.04. The molecule has 1 aromatic heterocycles. The molecule has 2 aliphatic rings. The van der Waals surface area contributed by atoms with E-state index >= 15 is 0 Å². The lowest BCUT2D eigenvalue weighted by Gasteiger charge is -2.40. The molecular weight excluding hydrogens is 442 g/mol. The largest absolute Gasteiger partial charge is 0.378 e. The first kappa shape index (κ1) is 23.1. The Hall–Kier alpha value is -3.68. The molecule has 2 aromatic carbocycles. The number of nitrogens with zero attached hydrogens (tertiary/aromatic N) is 5. The van der Waals surface area contributed by atoms with E-state index in [4.69, 9.17) is 4.52 Å². The number of amides is 2. The normalized spacial score (nSPS) is 18.6. The predicted molar refractivity (Wildman–Crippen MR) is 133 cm³/mol. The Morgan fingerprint density at radius 1 is 0.971 bits per heavy atom. The van der Waals surface area contributed by atoms with Gasteiger partial charge in [0.05, 0.1) is 6.54 Å². The number of carbonyl (C=O) groups excluding carboxylic acids is 2. The van der Waals surface area contributed by atoms with Crippen LogP contribution < -0.4 is 4.90 Å². The number of hydrogen-bond donors (Lipinski definition) is 0. The Labute approximate surface area is 205 Å². The standard InChI is InChI=1S/C27H31N5O3/c1-30(2)22-14-12-21(13-15-22)26(33)31-16-17-32(27(34)20-10-6-7-11-20)23(18-31)25-28-24(29-35-25)19-8-4-3-5-9-19/h3-5,8-9,12-15,20,23H,6-7,10-11,16-18H2,1-2H3.